The Labute approximate surface area is 136 Å². The van der Waals surface area contributed by atoms with Crippen LogP contribution in [0.15, 0.2) is 22.8 Å². The molecule has 0 radical (unpaired) electrons. The van der Waals surface area contributed by atoms with Crippen molar-refractivity contribution in [3.63, 3.8) is 0 Å². The highest BCUT2D eigenvalue weighted by molar-refractivity contribution is 5.78. The molecule has 1 amide bonds. The van der Waals surface area contributed by atoms with E-state index < -0.39 is 0 Å². The number of hydroxylamine groups is 2. The summed E-state index contributed by atoms with van der Waals surface area (Å²) in [6.07, 6.45) is 3.77. The van der Waals surface area contributed by atoms with Crippen molar-refractivity contribution < 1.29 is 18.8 Å². The minimum Gasteiger partial charge on any atom is -0.468 e. The van der Waals surface area contributed by atoms with Crippen molar-refractivity contribution in [3.05, 3.63) is 24.2 Å². The first kappa shape index (κ1) is 15.2. The summed E-state index contributed by atoms with van der Waals surface area (Å²) in [5.41, 5.74) is 0. The molecule has 0 unspecified atom stereocenters. The molecule has 6 nitrogen and oxygen atoms in total. The average Bonchev–Trinajstić information content (AvgIpc) is 3.24. The van der Waals surface area contributed by atoms with Gasteiger partial charge in [-0.05, 0) is 36.8 Å². The molecule has 1 aromatic rings. The Morgan fingerprint density at radius 1 is 1.26 bits per heavy atom. The Balaban J connectivity index is 1.41. The van der Waals surface area contributed by atoms with Crippen LogP contribution in [-0.2, 0) is 20.9 Å². The quantitative estimate of drug-likeness (QED) is 0.845. The lowest BCUT2D eigenvalue weighted by Crippen LogP contribution is -2.47. The summed E-state index contributed by atoms with van der Waals surface area (Å²) >= 11 is 0. The van der Waals surface area contributed by atoms with Crippen molar-refractivity contribution in [1.82, 2.24) is 9.96 Å². The second kappa shape index (κ2) is 6.63. The Bertz CT molecular complexity index is 527. The summed E-state index contributed by atoms with van der Waals surface area (Å²) in [6.45, 7) is 5.34. The lowest BCUT2D eigenvalue weighted by Gasteiger charge is -2.36. The molecule has 0 bridgehead atoms. The fraction of sp³-hybridized carbons (Fsp3) is 0.706. The molecule has 3 fully saturated rings. The van der Waals surface area contributed by atoms with Gasteiger partial charge in [0.05, 0.1) is 38.5 Å². The van der Waals surface area contributed by atoms with Gasteiger partial charge in [0.2, 0.25) is 0 Å². The topological polar surface area (TPSA) is 55.2 Å². The highest BCUT2D eigenvalue weighted by atomic mass is 16.7. The summed E-state index contributed by atoms with van der Waals surface area (Å²) in [5, 5.41) is 1.58. The van der Waals surface area contributed by atoms with Crippen LogP contribution in [0, 0.1) is 17.8 Å². The molecule has 3 saturated heterocycles. The van der Waals surface area contributed by atoms with Gasteiger partial charge in [0.25, 0.3) is 5.91 Å². The molecule has 0 aliphatic carbocycles. The van der Waals surface area contributed by atoms with E-state index in [1.54, 1.807) is 11.3 Å². The lowest BCUT2D eigenvalue weighted by molar-refractivity contribution is -0.207. The third-order valence-electron chi connectivity index (χ3n) is 5.24. The number of amides is 1. The van der Waals surface area contributed by atoms with Crippen molar-refractivity contribution in [3.8, 4) is 0 Å². The molecule has 3 atom stereocenters. The number of carbonyl (C=O) groups is 1. The molecule has 0 N–H and O–H groups in total. The molecule has 4 rings (SSSR count). The molecule has 0 spiro atoms. The molecule has 1 aromatic heterocycles. The van der Waals surface area contributed by atoms with E-state index in [4.69, 9.17) is 14.0 Å². The molecule has 23 heavy (non-hydrogen) atoms. The summed E-state index contributed by atoms with van der Waals surface area (Å²) in [5.74, 6) is 1.80. The fourth-order valence-corrected chi connectivity index (χ4v) is 4.05. The maximum atomic E-state index is 12.8. The Kier molecular flexibility index (Phi) is 4.37. The summed E-state index contributed by atoms with van der Waals surface area (Å²) in [4.78, 5) is 20.7. The second-order valence-corrected chi connectivity index (χ2v) is 6.82. The van der Waals surface area contributed by atoms with Gasteiger partial charge in [-0.25, -0.2) is 5.06 Å². The van der Waals surface area contributed by atoms with Gasteiger partial charge in [-0.2, -0.15) is 0 Å². The van der Waals surface area contributed by atoms with Crippen LogP contribution in [-0.4, -0.2) is 55.3 Å². The van der Waals surface area contributed by atoms with Crippen LogP contribution in [0.3, 0.4) is 0 Å². The van der Waals surface area contributed by atoms with E-state index in [2.05, 4.69) is 4.90 Å². The summed E-state index contributed by atoms with van der Waals surface area (Å²) < 4.78 is 11.2. The Hall–Kier alpha value is -1.37. The first-order valence-electron chi connectivity index (χ1n) is 8.58. The van der Waals surface area contributed by atoms with E-state index in [-0.39, 0.29) is 11.8 Å². The zero-order valence-electron chi connectivity index (χ0n) is 13.4. The fourth-order valence-electron chi connectivity index (χ4n) is 4.05. The van der Waals surface area contributed by atoms with E-state index >= 15 is 0 Å². The monoisotopic (exact) mass is 320 g/mol. The van der Waals surface area contributed by atoms with Crippen LogP contribution in [0.25, 0.3) is 0 Å². The number of fused-ring (bicyclic) bond motifs is 1. The SMILES string of the molecule is O=C([C@@H]1COC[C@@H]2CN(Cc3ccco3)C[C@@H]21)N1CCCCO1. The van der Waals surface area contributed by atoms with Crippen LogP contribution < -0.4 is 0 Å². The molecule has 3 aliphatic rings. The number of furan rings is 1. The molecule has 0 saturated carbocycles. The van der Waals surface area contributed by atoms with E-state index in [1.165, 1.54) is 0 Å². The highest BCUT2D eigenvalue weighted by Crippen LogP contribution is 2.36. The zero-order valence-corrected chi connectivity index (χ0v) is 13.4. The average molecular weight is 320 g/mol. The van der Waals surface area contributed by atoms with Gasteiger partial charge in [0.1, 0.15) is 5.76 Å². The predicted molar refractivity (Wildman–Crippen MR) is 82.2 cm³/mol. The third kappa shape index (κ3) is 3.16. The zero-order chi connectivity index (χ0) is 15.6. The van der Waals surface area contributed by atoms with E-state index in [0.29, 0.717) is 31.6 Å². The Morgan fingerprint density at radius 3 is 3.00 bits per heavy atom. The smallest absolute Gasteiger partial charge is 0.251 e. The Morgan fingerprint density at radius 2 is 2.22 bits per heavy atom. The second-order valence-electron chi connectivity index (χ2n) is 6.82. The van der Waals surface area contributed by atoms with Gasteiger partial charge in [0.15, 0.2) is 0 Å². The molecule has 4 heterocycles. The predicted octanol–water partition coefficient (Wildman–Crippen LogP) is 1.53. The number of ether oxygens (including phenoxy) is 1. The lowest BCUT2D eigenvalue weighted by atomic mass is 9.82. The largest absolute Gasteiger partial charge is 0.468 e. The third-order valence-corrected chi connectivity index (χ3v) is 5.24. The van der Waals surface area contributed by atoms with Crippen LogP contribution in [0.2, 0.25) is 0 Å². The van der Waals surface area contributed by atoms with Gasteiger partial charge in [-0.15, -0.1) is 0 Å². The maximum Gasteiger partial charge on any atom is 0.251 e. The van der Waals surface area contributed by atoms with Crippen LogP contribution >= 0.6 is 0 Å². The van der Waals surface area contributed by atoms with Crippen molar-refractivity contribution in [2.45, 2.75) is 19.4 Å². The first-order chi connectivity index (χ1) is 11.3. The van der Waals surface area contributed by atoms with Gasteiger partial charge in [-0.3, -0.25) is 14.5 Å². The summed E-state index contributed by atoms with van der Waals surface area (Å²) in [7, 11) is 0. The standard InChI is InChI=1S/C17H24N2O4/c20-17(19-5-1-2-7-23-19)16-12-21-11-13-8-18(10-15(13)16)9-14-4-3-6-22-14/h3-4,6,13,15-16H,1-2,5,7-12H2/t13-,15-,16+/m0/s1. The van der Waals surface area contributed by atoms with Crippen LogP contribution in [0.4, 0.5) is 0 Å². The highest BCUT2D eigenvalue weighted by Gasteiger charge is 2.45. The van der Waals surface area contributed by atoms with E-state index in [9.17, 15) is 4.79 Å². The van der Waals surface area contributed by atoms with Gasteiger partial charge in [-0.1, -0.05) is 0 Å². The first-order valence-corrected chi connectivity index (χ1v) is 8.58. The molecule has 6 heteroatoms. The molecular formula is C17H24N2O4. The van der Waals surface area contributed by atoms with E-state index in [1.807, 2.05) is 12.1 Å². The molecule has 0 aromatic carbocycles. The minimum absolute atomic E-state index is 0.0755. The van der Waals surface area contributed by atoms with Crippen molar-refractivity contribution in [1.29, 1.82) is 0 Å². The number of nitrogens with zero attached hydrogens (tertiary/aromatic N) is 2. The number of hydrogen-bond donors (Lipinski definition) is 0. The number of rotatable bonds is 3. The minimum atomic E-state index is -0.0755. The molecule has 3 aliphatic heterocycles. The van der Waals surface area contributed by atoms with Crippen molar-refractivity contribution in [2.24, 2.45) is 17.8 Å². The molecule has 126 valence electrons. The van der Waals surface area contributed by atoms with E-state index in [0.717, 1.165) is 44.8 Å². The van der Waals surface area contributed by atoms with Crippen LogP contribution in [0.5, 0.6) is 0 Å². The number of hydrogen-bond acceptors (Lipinski definition) is 5. The van der Waals surface area contributed by atoms with Gasteiger partial charge >= 0.3 is 0 Å². The molecular weight excluding hydrogens is 296 g/mol. The number of carbonyl (C=O) groups excluding carboxylic acids is 1. The van der Waals surface area contributed by atoms with Crippen LogP contribution in [0.1, 0.15) is 18.6 Å². The van der Waals surface area contributed by atoms with Crippen molar-refractivity contribution >= 4 is 5.91 Å². The maximum absolute atomic E-state index is 12.8. The van der Waals surface area contributed by atoms with Gasteiger partial charge < -0.3 is 9.15 Å². The normalized spacial score (nSPS) is 32.0. The van der Waals surface area contributed by atoms with Crippen molar-refractivity contribution in [2.75, 3.05) is 39.5 Å². The summed E-state index contributed by atoms with van der Waals surface area (Å²) in [6, 6.07) is 3.92. The number of likely N-dealkylation sites (tertiary alicyclic amines) is 1. The van der Waals surface area contributed by atoms with Gasteiger partial charge in [0, 0.05) is 19.6 Å².